The number of aryl methyl sites for hydroxylation is 2. The van der Waals surface area contributed by atoms with E-state index in [-0.39, 0.29) is 12.1 Å². The van der Waals surface area contributed by atoms with Gasteiger partial charge in [-0.15, -0.1) is 0 Å². The molecule has 0 radical (unpaired) electrons. The largest absolute Gasteiger partial charge is 0.464 e. The molecule has 3 rings (SSSR count). The molecular formula is C20H23N3O2. The van der Waals surface area contributed by atoms with Gasteiger partial charge in [0, 0.05) is 12.1 Å². The van der Waals surface area contributed by atoms with Gasteiger partial charge in [0.1, 0.15) is 0 Å². The summed E-state index contributed by atoms with van der Waals surface area (Å²) in [5, 5.41) is 3.02. The van der Waals surface area contributed by atoms with Crippen molar-refractivity contribution in [3.05, 3.63) is 59.7 Å². The van der Waals surface area contributed by atoms with Gasteiger partial charge in [0.25, 0.3) is 0 Å². The van der Waals surface area contributed by atoms with E-state index in [2.05, 4.69) is 10.3 Å². The number of ether oxygens (including phenoxy) is 1. The number of amides is 2. The van der Waals surface area contributed by atoms with Gasteiger partial charge in [-0.1, -0.05) is 36.4 Å². The highest BCUT2D eigenvalue weighted by atomic mass is 16.5. The summed E-state index contributed by atoms with van der Waals surface area (Å²) in [7, 11) is 0. The first-order chi connectivity index (χ1) is 12.1. The van der Waals surface area contributed by atoms with Gasteiger partial charge in [0.05, 0.1) is 18.3 Å². The number of nitrogens with one attached hydrogen (secondary N) is 1. The number of amidine groups is 1. The molecule has 5 heteroatoms. The van der Waals surface area contributed by atoms with Crippen molar-refractivity contribution in [2.24, 2.45) is 4.99 Å². The Morgan fingerprint density at radius 2 is 1.80 bits per heavy atom. The van der Waals surface area contributed by atoms with E-state index < -0.39 is 0 Å². The molecule has 25 heavy (non-hydrogen) atoms. The Kier molecular flexibility index (Phi) is 5.03. The summed E-state index contributed by atoms with van der Waals surface area (Å²) in [6.07, 6.45) is 0.852. The van der Waals surface area contributed by atoms with Crippen molar-refractivity contribution in [3.63, 3.8) is 0 Å². The predicted octanol–water partition coefficient (Wildman–Crippen LogP) is 4.51. The minimum atomic E-state index is -0.281. The number of hydrogen-bond donors (Lipinski definition) is 1. The van der Waals surface area contributed by atoms with E-state index in [4.69, 9.17) is 4.74 Å². The van der Waals surface area contributed by atoms with Crippen LogP contribution in [0.4, 0.5) is 16.2 Å². The summed E-state index contributed by atoms with van der Waals surface area (Å²) < 4.78 is 5.70. The zero-order valence-corrected chi connectivity index (χ0v) is 14.8. The molecule has 5 nitrogen and oxygen atoms in total. The van der Waals surface area contributed by atoms with Crippen LogP contribution >= 0.6 is 0 Å². The number of benzene rings is 2. The Labute approximate surface area is 148 Å². The van der Waals surface area contributed by atoms with Crippen molar-refractivity contribution >= 4 is 23.4 Å². The standard InChI is InChI=1S/C20H23N3O2/c1-14-8-7-9-15(2)18(14)22-19(24)23(17-10-5-4-6-11-17)20-21-16(3)12-13-25-20/h4-11,16H,12-13H2,1-3H3,(H,22,24). The third-order valence-corrected chi connectivity index (χ3v) is 4.22. The van der Waals surface area contributed by atoms with Crippen LogP contribution in [0.3, 0.4) is 0 Å². The third-order valence-electron chi connectivity index (χ3n) is 4.22. The van der Waals surface area contributed by atoms with Crippen molar-refractivity contribution in [2.45, 2.75) is 33.2 Å². The van der Waals surface area contributed by atoms with Gasteiger partial charge in [-0.3, -0.25) is 0 Å². The maximum atomic E-state index is 13.1. The van der Waals surface area contributed by atoms with Gasteiger partial charge in [-0.2, -0.15) is 0 Å². The lowest BCUT2D eigenvalue weighted by Gasteiger charge is -2.28. The van der Waals surface area contributed by atoms with E-state index in [1.54, 1.807) is 0 Å². The van der Waals surface area contributed by atoms with Crippen LogP contribution in [0.25, 0.3) is 0 Å². The molecular weight excluding hydrogens is 314 g/mol. The number of urea groups is 1. The van der Waals surface area contributed by atoms with Crippen LogP contribution < -0.4 is 10.2 Å². The fraction of sp³-hybridized carbons (Fsp3) is 0.300. The van der Waals surface area contributed by atoms with Crippen molar-refractivity contribution < 1.29 is 9.53 Å². The van der Waals surface area contributed by atoms with Gasteiger partial charge >= 0.3 is 12.1 Å². The molecule has 2 aromatic carbocycles. The molecule has 130 valence electrons. The van der Waals surface area contributed by atoms with Crippen LogP contribution in [-0.2, 0) is 4.74 Å². The molecule has 1 N–H and O–H groups in total. The number of hydrogen-bond acceptors (Lipinski definition) is 3. The quantitative estimate of drug-likeness (QED) is 0.877. The Balaban J connectivity index is 1.96. The van der Waals surface area contributed by atoms with E-state index in [0.717, 1.165) is 28.9 Å². The SMILES string of the molecule is Cc1cccc(C)c1NC(=O)N(C1=NC(C)CCO1)c1ccccc1. The summed E-state index contributed by atoms with van der Waals surface area (Å²) in [5.74, 6) is 0. The Morgan fingerprint density at radius 1 is 1.12 bits per heavy atom. The Hall–Kier alpha value is -2.82. The first-order valence-corrected chi connectivity index (χ1v) is 8.49. The summed E-state index contributed by atoms with van der Waals surface area (Å²) in [6, 6.07) is 15.6. The van der Waals surface area contributed by atoms with Crippen molar-refractivity contribution in [2.75, 3.05) is 16.8 Å². The summed E-state index contributed by atoms with van der Waals surface area (Å²) in [6.45, 7) is 6.54. The topological polar surface area (TPSA) is 53.9 Å². The smallest absolute Gasteiger partial charge is 0.334 e. The highest BCUT2D eigenvalue weighted by Crippen LogP contribution is 2.23. The zero-order valence-electron chi connectivity index (χ0n) is 14.8. The van der Waals surface area contributed by atoms with Gasteiger partial charge in [-0.25, -0.2) is 14.7 Å². The Morgan fingerprint density at radius 3 is 2.44 bits per heavy atom. The van der Waals surface area contributed by atoms with Gasteiger partial charge in [0.2, 0.25) is 0 Å². The second-order valence-corrected chi connectivity index (χ2v) is 6.27. The molecule has 1 heterocycles. The molecule has 0 fully saturated rings. The molecule has 0 spiro atoms. The molecule has 2 aromatic rings. The minimum absolute atomic E-state index is 0.128. The average Bonchev–Trinajstić information content (AvgIpc) is 2.60. The molecule has 0 aromatic heterocycles. The molecule has 2 amide bonds. The number of aliphatic imine (C=N–C) groups is 1. The first kappa shape index (κ1) is 17.0. The molecule has 1 atom stereocenters. The lowest BCUT2D eigenvalue weighted by molar-refractivity contribution is 0.244. The molecule has 0 saturated heterocycles. The number of carbonyl (C=O) groups excluding carboxylic acids is 1. The number of carbonyl (C=O) groups is 1. The lowest BCUT2D eigenvalue weighted by atomic mass is 10.1. The third kappa shape index (κ3) is 3.82. The normalized spacial score (nSPS) is 16.6. The fourth-order valence-electron chi connectivity index (χ4n) is 2.80. The number of anilines is 2. The van der Waals surface area contributed by atoms with E-state index in [9.17, 15) is 4.79 Å². The molecule has 0 bridgehead atoms. The molecule has 1 unspecified atom stereocenters. The second-order valence-electron chi connectivity index (χ2n) is 6.27. The maximum Gasteiger partial charge on any atom is 0.334 e. The maximum absolute atomic E-state index is 13.1. The van der Waals surface area contributed by atoms with Crippen molar-refractivity contribution in [1.82, 2.24) is 0 Å². The number of para-hydroxylation sites is 2. The molecule has 0 aliphatic carbocycles. The van der Waals surface area contributed by atoms with Crippen LogP contribution in [0.2, 0.25) is 0 Å². The molecule has 1 aliphatic rings. The van der Waals surface area contributed by atoms with Gasteiger partial charge < -0.3 is 10.1 Å². The van der Waals surface area contributed by atoms with E-state index in [0.29, 0.717) is 12.6 Å². The average molecular weight is 337 g/mol. The summed E-state index contributed by atoms with van der Waals surface area (Å²) in [5.41, 5.74) is 3.57. The second kappa shape index (κ2) is 7.38. The summed E-state index contributed by atoms with van der Waals surface area (Å²) in [4.78, 5) is 19.1. The summed E-state index contributed by atoms with van der Waals surface area (Å²) >= 11 is 0. The van der Waals surface area contributed by atoms with Crippen LogP contribution in [0.5, 0.6) is 0 Å². The first-order valence-electron chi connectivity index (χ1n) is 8.49. The van der Waals surface area contributed by atoms with Gasteiger partial charge in [0.15, 0.2) is 0 Å². The highest BCUT2D eigenvalue weighted by molar-refractivity contribution is 6.18. The molecule has 0 saturated carbocycles. The lowest BCUT2D eigenvalue weighted by Crippen LogP contribution is -2.44. The number of rotatable bonds is 2. The minimum Gasteiger partial charge on any atom is -0.464 e. The number of nitrogens with zero attached hydrogens (tertiary/aromatic N) is 2. The van der Waals surface area contributed by atoms with E-state index in [1.807, 2.05) is 69.3 Å². The monoisotopic (exact) mass is 337 g/mol. The van der Waals surface area contributed by atoms with E-state index >= 15 is 0 Å². The van der Waals surface area contributed by atoms with Crippen LogP contribution in [0.1, 0.15) is 24.5 Å². The van der Waals surface area contributed by atoms with Crippen LogP contribution in [0.15, 0.2) is 53.5 Å². The fourth-order valence-corrected chi connectivity index (χ4v) is 2.80. The van der Waals surface area contributed by atoms with Crippen LogP contribution in [0, 0.1) is 13.8 Å². The van der Waals surface area contributed by atoms with Crippen molar-refractivity contribution in [3.8, 4) is 0 Å². The van der Waals surface area contributed by atoms with Crippen LogP contribution in [-0.4, -0.2) is 24.7 Å². The molecule has 1 aliphatic heterocycles. The predicted molar refractivity (Wildman–Crippen MR) is 101 cm³/mol. The highest BCUT2D eigenvalue weighted by Gasteiger charge is 2.27. The van der Waals surface area contributed by atoms with Crippen molar-refractivity contribution in [1.29, 1.82) is 0 Å². The van der Waals surface area contributed by atoms with Gasteiger partial charge in [-0.05, 0) is 44.0 Å². The Bertz CT molecular complexity index is 767. The van der Waals surface area contributed by atoms with E-state index in [1.165, 1.54) is 4.90 Å². The zero-order chi connectivity index (χ0) is 17.8.